The fourth-order valence-corrected chi connectivity index (χ4v) is 4.83. The number of hydrogen-bond acceptors (Lipinski definition) is 7. The van der Waals surface area contributed by atoms with Crippen LogP contribution >= 0.6 is 40.7 Å². The molecule has 0 radical (unpaired) electrons. The number of para-hydroxylation sites is 1. The van der Waals surface area contributed by atoms with Crippen molar-refractivity contribution in [3.8, 4) is 5.88 Å². The summed E-state index contributed by atoms with van der Waals surface area (Å²) < 4.78 is 6.11. The standard InChI is InChI=1S/C25H28BrN5O3.2ClH/c1-33-14-12-30-8-10-31(11-9-30)13-15-34-29-23-19-4-2-3-5-20(19)27-24(23)22-18-7-6-17(26)16-21(18)28-25(22)32;;/h2-7,16,28,32H,8-15H2,1H3;2*1H/b29-23+;;. The van der Waals surface area contributed by atoms with Crippen LogP contribution in [0.2, 0.25) is 0 Å². The lowest BCUT2D eigenvalue weighted by atomic mass is 10.0. The normalized spacial score (nSPS) is 16.9. The number of aromatic nitrogens is 1. The van der Waals surface area contributed by atoms with Crippen LogP contribution in [0.25, 0.3) is 10.9 Å². The molecule has 1 fully saturated rings. The monoisotopic (exact) mass is 597 g/mol. The molecule has 36 heavy (non-hydrogen) atoms. The quantitative estimate of drug-likeness (QED) is 0.292. The summed E-state index contributed by atoms with van der Waals surface area (Å²) >= 11 is 3.49. The Labute approximate surface area is 231 Å². The Morgan fingerprint density at radius 1 is 1.03 bits per heavy atom. The van der Waals surface area contributed by atoms with Crippen LogP contribution in [0.3, 0.4) is 0 Å². The topological polar surface area (TPSA) is 85.7 Å². The third kappa shape index (κ3) is 6.04. The number of benzene rings is 2. The van der Waals surface area contributed by atoms with Gasteiger partial charge in [-0.1, -0.05) is 45.4 Å². The average molecular weight is 599 g/mol. The number of aromatic amines is 1. The fourth-order valence-electron chi connectivity index (χ4n) is 4.47. The number of ether oxygens (including phenoxy) is 1. The molecule has 11 heteroatoms. The number of nitrogens with one attached hydrogen (secondary N) is 1. The summed E-state index contributed by atoms with van der Waals surface area (Å²) in [5, 5.41) is 16.1. The number of oxime groups is 1. The van der Waals surface area contributed by atoms with Crippen molar-refractivity contribution in [1.82, 2.24) is 14.8 Å². The summed E-state index contributed by atoms with van der Waals surface area (Å²) in [7, 11) is 1.74. The molecule has 0 unspecified atom stereocenters. The van der Waals surface area contributed by atoms with E-state index in [0.717, 1.165) is 72.5 Å². The molecule has 0 atom stereocenters. The minimum Gasteiger partial charge on any atom is -0.494 e. The highest BCUT2D eigenvalue weighted by Gasteiger charge is 2.29. The molecule has 5 rings (SSSR count). The number of fused-ring (bicyclic) bond motifs is 2. The van der Waals surface area contributed by atoms with Crippen molar-refractivity contribution in [3.63, 3.8) is 0 Å². The molecule has 1 aromatic heterocycles. The number of H-pyrrole nitrogens is 1. The Bertz CT molecular complexity index is 1240. The van der Waals surface area contributed by atoms with Gasteiger partial charge in [0.25, 0.3) is 0 Å². The molecule has 3 aromatic rings. The molecule has 0 aliphatic carbocycles. The van der Waals surface area contributed by atoms with Crippen LogP contribution in [0.1, 0.15) is 11.1 Å². The first-order chi connectivity index (χ1) is 16.6. The molecule has 0 bridgehead atoms. The van der Waals surface area contributed by atoms with Gasteiger partial charge in [-0.2, -0.15) is 0 Å². The minimum atomic E-state index is 0. The molecule has 1 saturated heterocycles. The highest BCUT2D eigenvalue weighted by molar-refractivity contribution is 9.10. The Kier molecular flexibility index (Phi) is 10.2. The van der Waals surface area contributed by atoms with Gasteiger partial charge in [0.15, 0.2) is 5.88 Å². The van der Waals surface area contributed by atoms with E-state index < -0.39 is 0 Å². The molecule has 194 valence electrons. The van der Waals surface area contributed by atoms with Crippen LogP contribution < -0.4 is 0 Å². The Hall–Kier alpha value is -2.14. The second-order valence-electron chi connectivity index (χ2n) is 8.47. The zero-order valence-corrected chi connectivity index (χ0v) is 23.2. The van der Waals surface area contributed by atoms with Crippen molar-refractivity contribution in [2.24, 2.45) is 10.1 Å². The van der Waals surface area contributed by atoms with E-state index in [1.54, 1.807) is 7.11 Å². The summed E-state index contributed by atoms with van der Waals surface area (Å²) in [6.07, 6.45) is 0. The van der Waals surface area contributed by atoms with E-state index >= 15 is 0 Å². The third-order valence-corrected chi connectivity index (χ3v) is 6.82. The lowest BCUT2D eigenvalue weighted by Crippen LogP contribution is -2.48. The van der Waals surface area contributed by atoms with Crippen molar-refractivity contribution >= 4 is 68.8 Å². The molecular weight excluding hydrogens is 569 g/mol. The van der Waals surface area contributed by atoms with Gasteiger partial charge in [-0.05, 0) is 18.2 Å². The van der Waals surface area contributed by atoms with Gasteiger partial charge in [-0.15, -0.1) is 24.8 Å². The van der Waals surface area contributed by atoms with Crippen LogP contribution in [0.4, 0.5) is 5.69 Å². The third-order valence-electron chi connectivity index (χ3n) is 6.32. The zero-order valence-electron chi connectivity index (χ0n) is 19.9. The summed E-state index contributed by atoms with van der Waals surface area (Å²) in [4.78, 5) is 18.5. The largest absolute Gasteiger partial charge is 0.494 e. The minimum absolute atomic E-state index is 0. The number of halogens is 3. The average Bonchev–Trinajstić information content (AvgIpc) is 3.36. The smallest absolute Gasteiger partial charge is 0.199 e. The van der Waals surface area contributed by atoms with Crippen molar-refractivity contribution in [2.45, 2.75) is 0 Å². The molecule has 2 aliphatic heterocycles. The first-order valence-corrected chi connectivity index (χ1v) is 12.3. The second kappa shape index (κ2) is 12.9. The Morgan fingerprint density at radius 3 is 2.44 bits per heavy atom. The SMILES string of the molecule is COCCN1CCN(CCO/N=C2/C(c3c(O)[nH]c4cc(Br)ccc34)=Nc3ccccc32)CC1.Cl.Cl. The maximum absolute atomic E-state index is 10.7. The number of aliphatic imine (C=N–C) groups is 1. The summed E-state index contributed by atoms with van der Waals surface area (Å²) in [6.45, 7) is 7.16. The number of rotatable bonds is 8. The summed E-state index contributed by atoms with van der Waals surface area (Å²) in [5.41, 5.74) is 4.42. The zero-order chi connectivity index (χ0) is 23.5. The number of aromatic hydroxyl groups is 1. The fraction of sp³-hybridized carbons (Fsp3) is 0.360. The van der Waals surface area contributed by atoms with E-state index in [1.807, 2.05) is 42.5 Å². The highest BCUT2D eigenvalue weighted by atomic mass is 79.9. The molecule has 3 heterocycles. The predicted molar refractivity (Wildman–Crippen MR) is 152 cm³/mol. The van der Waals surface area contributed by atoms with Gasteiger partial charge in [0, 0.05) is 61.8 Å². The molecule has 2 aromatic carbocycles. The molecule has 2 aliphatic rings. The van der Waals surface area contributed by atoms with Crippen molar-refractivity contribution in [2.75, 3.05) is 59.6 Å². The van der Waals surface area contributed by atoms with Gasteiger partial charge in [-0.3, -0.25) is 9.80 Å². The van der Waals surface area contributed by atoms with Gasteiger partial charge in [0.05, 0.1) is 23.4 Å². The molecule has 0 saturated carbocycles. The first kappa shape index (κ1) is 28.4. The van der Waals surface area contributed by atoms with Gasteiger partial charge in [0.1, 0.15) is 18.0 Å². The van der Waals surface area contributed by atoms with E-state index in [1.165, 1.54) is 0 Å². The molecular formula is C25H30BrCl2N5O3. The van der Waals surface area contributed by atoms with Crippen LogP contribution in [-0.4, -0.2) is 90.9 Å². The first-order valence-electron chi connectivity index (χ1n) is 11.5. The lowest BCUT2D eigenvalue weighted by molar-refractivity contribution is 0.0678. The van der Waals surface area contributed by atoms with E-state index in [-0.39, 0.29) is 30.7 Å². The number of piperazine rings is 1. The summed E-state index contributed by atoms with van der Waals surface area (Å²) in [6, 6.07) is 13.7. The van der Waals surface area contributed by atoms with E-state index in [4.69, 9.17) is 14.6 Å². The van der Waals surface area contributed by atoms with Gasteiger partial charge >= 0.3 is 0 Å². The van der Waals surface area contributed by atoms with Crippen LogP contribution in [0.15, 0.2) is 57.1 Å². The van der Waals surface area contributed by atoms with E-state index in [2.05, 4.69) is 35.9 Å². The molecule has 0 spiro atoms. The van der Waals surface area contributed by atoms with Crippen molar-refractivity contribution < 1.29 is 14.7 Å². The second-order valence-corrected chi connectivity index (χ2v) is 9.38. The van der Waals surface area contributed by atoms with Crippen LogP contribution in [-0.2, 0) is 9.57 Å². The maximum Gasteiger partial charge on any atom is 0.199 e. The van der Waals surface area contributed by atoms with Crippen molar-refractivity contribution in [1.29, 1.82) is 0 Å². The van der Waals surface area contributed by atoms with Crippen LogP contribution in [0, 0.1) is 0 Å². The van der Waals surface area contributed by atoms with Gasteiger partial charge < -0.3 is 19.7 Å². The highest BCUT2D eigenvalue weighted by Crippen LogP contribution is 2.36. The van der Waals surface area contributed by atoms with Gasteiger partial charge in [0.2, 0.25) is 0 Å². The number of hydrogen-bond donors (Lipinski definition) is 2. The van der Waals surface area contributed by atoms with E-state index in [9.17, 15) is 5.11 Å². The molecule has 0 amide bonds. The van der Waals surface area contributed by atoms with E-state index in [0.29, 0.717) is 23.6 Å². The summed E-state index contributed by atoms with van der Waals surface area (Å²) in [5.74, 6) is 0.0682. The Balaban J connectivity index is 0.00000180. The molecule has 2 N–H and O–H groups in total. The lowest BCUT2D eigenvalue weighted by Gasteiger charge is -2.34. The number of nitrogens with zero attached hydrogens (tertiary/aromatic N) is 4. The Morgan fingerprint density at radius 2 is 1.72 bits per heavy atom. The van der Waals surface area contributed by atoms with Crippen molar-refractivity contribution in [3.05, 3.63) is 58.1 Å². The number of methoxy groups -OCH3 is 1. The predicted octanol–water partition coefficient (Wildman–Crippen LogP) is 4.60. The van der Waals surface area contributed by atoms with Gasteiger partial charge in [-0.25, -0.2) is 4.99 Å². The van der Waals surface area contributed by atoms with Crippen LogP contribution in [0.5, 0.6) is 5.88 Å². The molecule has 8 nitrogen and oxygen atoms in total. The maximum atomic E-state index is 10.7.